The van der Waals surface area contributed by atoms with Crippen molar-refractivity contribution in [2.75, 3.05) is 31.1 Å². The summed E-state index contributed by atoms with van der Waals surface area (Å²) in [6.07, 6.45) is 0.596. The third-order valence-corrected chi connectivity index (χ3v) is 4.65. The van der Waals surface area contributed by atoms with Crippen molar-refractivity contribution in [2.24, 2.45) is 0 Å². The molecule has 2 aromatic rings. The number of ketones is 1. The molecular formula is C13H14N4O3S. The number of carbonyl (C=O) groups excluding carboxylic acids is 1. The van der Waals surface area contributed by atoms with Gasteiger partial charge in [-0.25, -0.2) is 14.8 Å². The van der Waals surface area contributed by atoms with Crippen molar-refractivity contribution in [1.29, 1.82) is 0 Å². The van der Waals surface area contributed by atoms with Crippen molar-refractivity contribution < 1.29 is 14.7 Å². The van der Waals surface area contributed by atoms with Crippen LogP contribution in [0.3, 0.4) is 0 Å². The summed E-state index contributed by atoms with van der Waals surface area (Å²) < 4.78 is 0. The highest BCUT2D eigenvalue weighted by atomic mass is 32.1. The number of nitrogens with zero attached hydrogens (tertiary/aromatic N) is 4. The summed E-state index contributed by atoms with van der Waals surface area (Å²) in [6.45, 7) is 3.60. The van der Waals surface area contributed by atoms with Gasteiger partial charge < -0.3 is 14.9 Å². The van der Waals surface area contributed by atoms with Crippen LogP contribution in [0.4, 0.5) is 10.6 Å². The number of thiophene rings is 1. The van der Waals surface area contributed by atoms with Crippen LogP contribution in [0.25, 0.3) is 10.2 Å². The van der Waals surface area contributed by atoms with Gasteiger partial charge in [-0.3, -0.25) is 4.79 Å². The van der Waals surface area contributed by atoms with Gasteiger partial charge in [0.05, 0.1) is 10.3 Å². The molecule has 1 fully saturated rings. The van der Waals surface area contributed by atoms with E-state index in [2.05, 4.69) is 9.97 Å². The minimum absolute atomic E-state index is 0.0136. The van der Waals surface area contributed by atoms with Gasteiger partial charge in [-0.1, -0.05) is 0 Å². The van der Waals surface area contributed by atoms with E-state index in [1.54, 1.807) is 0 Å². The Morgan fingerprint density at radius 2 is 1.95 bits per heavy atom. The SMILES string of the molecule is CC(=O)c1cc2c(N3CCN(C(=O)O)CC3)ncnc2s1. The molecule has 3 heterocycles. The normalized spacial score (nSPS) is 15.5. The molecular weight excluding hydrogens is 292 g/mol. The van der Waals surface area contributed by atoms with Crippen LogP contribution >= 0.6 is 11.3 Å². The predicted octanol–water partition coefficient (Wildman–Crippen LogP) is 1.69. The lowest BCUT2D eigenvalue weighted by Gasteiger charge is -2.34. The summed E-state index contributed by atoms with van der Waals surface area (Å²) in [5.74, 6) is 0.786. The molecule has 0 spiro atoms. The van der Waals surface area contributed by atoms with Crippen molar-refractivity contribution in [2.45, 2.75) is 6.92 Å². The Bertz CT molecular complexity index is 707. The molecule has 1 aliphatic heterocycles. The van der Waals surface area contributed by atoms with Gasteiger partial charge in [-0.15, -0.1) is 11.3 Å². The van der Waals surface area contributed by atoms with E-state index in [1.165, 1.54) is 29.5 Å². The molecule has 110 valence electrons. The van der Waals surface area contributed by atoms with Crippen LogP contribution in [0.5, 0.6) is 0 Å². The second-order valence-corrected chi connectivity index (χ2v) is 5.87. The molecule has 8 heteroatoms. The summed E-state index contributed by atoms with van der Waals surface area (Å²) in [7, 11) is 0. The Kier molecular flexibility index (Phi) is 3.46. The highest BCUT2D eigenvalue weighted by Crippen LogP contribution is 2.30. The summed E-state index contributed by atoms with van der Waals surface area (Å²) in [5, 5.41) is 9.84. The van der Waals surface area contributed by atoms with Gasteiger partial charge in [0.2, 0.25) is 0 Å². The average molecular weight is 306 g/mol. The average Bonchev–Trinajstić information content (AvgIpc) is 2.91. The molecule has 0 aliphatic carbocycles. The molecule has 1 amide bonds. The van der Waals surface area contributed by atoms with E-state index in [9.17, 15) is 9.59 Å². The van der Waals surface area contributed by atoms with Crippen LogP contribution in [-0.2, 0) is 0 Å². The number of anilines is 1. The number of aromatic nitrogens is 2. The van der Waals surface area contributed by atoms with Crippen LogP contribution < -0.4 is 4.90 Å². The first-order valence-corrected chi connectivity index (χ1v) is 7.36. The van der Waals surface area contributed by atoms with E-state index >= 15 is 0 Å². The molecule has 2 aromatic heterocycles. The van der Waals surface area contributed by atoms with Crippen molar-refractivity contribution in [3.8, 4) is 0 Å². The van der Waals surface area contributed by atoms with E-state index in [0.717, 1.165) is 16.0 Å². The number of fused-ring (bicyclic) bond motifs is 1. The number of Topliss-reactive ketones (excluding diaryl/α,β-unsaturated/α-hetero) is 1. The fraction of sp³-hybridized carbons (Fsp3) is 0.385. The zero-order valence-electron chi connectivity index (χ0n) is 11.4. The number of carboxylic acid groups (broad SMARTS) is 1. The van der Waals surface area contributed by atoms with Crippen LogP contribution in [0, 0.1) is 0 Å². The summed E-state index contributed by atoms with van der Waals surface area (Å²) in [5.41, 5.74) is 0. The Balaban J connectivity index is 1.90. The van der Waals surface area contributed by atoms with Crippen molar-refractivity contribution in [3.63, 3.8) is 0 Å². The molecule has 0 radical (unpaired) electrons. The van der Waals surface area contributed by atoms with E-state index in [4.69, 9.17) is 5.11 Å². The van der Waals surface area contributed by atoms with Crippen molar-refractivity contribution in [1.82, 2.24) is 14.9 Å². The molecule has 0 bridgehead atoms. The zero-order valence-corrected chi connectivity index (χ0v) is 12.3. The first kappa shape index (κ1) is 13.7. The topological polar surface area (TPSA) is 86.6 Å². The number of rotatable bonds is 2. The van der Waals surface area contributed by atoms with Crippen LogP contribution in [0.1, 0.15) is 16.6 Å². The van der Waals surface area contributed by atoms with Crippen molar-refractivity contribution >= 4 is 39.2 Å². The maximum absolute atomic E-state index is 11.5. The molecule has 1 saturated heterocycles. The lowest BCUT2D eigenvalue weighted by molar-refractivity contribution is 0.102. The molecule has 0 saturated carbocycles. The maximum atomic E-state index is 11.5. The molecule has 0 unspecified atom stereocenters. The van der Waals surface area contributed by atoms with Gasteiger partial charge in [0.25, 0.3) is 0 Å². The third kappa shape index (κ3) is 2.54. The molecule has 7 nitrogen and oxygen atoms in total. The monoisotopic (exact) mass is 306 g/mol. The summed E-state index contributed by atoms with van der Waals surface area (Å²) in [6, 6.07) is 1.82. The van der Waals surface area contributed by atoms with Gasteiger partial charge >= 0.3 is 6.09 Å². The van der Waals surface area contributed by atoms with Crippen LogP contribution in [0.15, 0.2) is 12.4 Å². The molecule has 0 atom stereocenters. The van der Waals surface area contributed by atoms with Gasteiger partial charge in [-0.05, 0) is 13.0 Å². The fourth-order valence-electron chi connectivity index (χ4n) is 2.38. The minimum Gasteiger partial charge on any atom is -0.465 e. The molecule has 1 aliphatic rings. The standard InChI is InChI=1S/C13H14N4O3S/c1-8(18)10-6-9-11(14-7-15-12(9)21-10)16-2-4-17(5-3-16)13(19)20/h6-7H,2-5H2,1H3,(H,19,20). The minimum atomic E-state index is -0.892. The van der Waals surface area contributed by atoms with Gasteiger partial charge in [-0.2, -0.15) is 0 Å². The Labute approximate surface area is 124 Å². The summed E-state index contributed by atoms with van der Waals surface area (Å²) >= 11 is 1.36. The van der Waals surface area contributed by atoms with Gasteiger partial charge in [0.1, 0.15) is 17.0 Å². The lowest BCUT2D eigenvalue weighted by atomic mass is 10.2. The maximum Gasteiger partial charge on any atom is 0.407 e. The predicted molar refractivity (Wildman–Crippen MR) is 79.2 cm³/mol. The Hall–Kier alpha value is -2.22. The second-order valence-electron chi connectivity index (χ2n) is 4.84. The number of piperazine rings is 1. The van der Waals surface area contributed by atoms with E-state index in [-0.39, 0.29) is 5.78 Å². The highest BCUT2D eigenvalue weighted by Gasteiger charge is 2.23. The largest absolute Gasteiger partial charge is 0.465 e. The number of hydrogen-bond acceptors (Lipinski definition) is 6. The number of carbonyl (C=O) groups is 2. The second kappa shape index (κ2) is 5.28. The van der Waals surface area contributed by atoms with Crippen molar-refractivity contribution in [3.05, 3.63) is 17.3 Å². The highest BCUT2D eigenvalue weighted by molar-refractivity contribution is 7.20. The smallest absolute Gasteiger partial charge is 0.407 e. The molecule has 0 aromatic carbocycles. The Morgan fingerprint density at radius 1 is 1.24 bits per heavy atom. The van der Waals surface area contributed by atoms with E-state index < -0.39 is 6.09 Å². The van der Waals surface area contributed by atoms with E-state index in [1.807, 2.05) is 11.0 Å². The van der Waals surface area contributed by atoms with Gasteiger partial charge in [0.15, 0.2) is 5.78 Å². The quantitative estimate of drug-likeness (QED) is 0.850. The first-order chi connectivity index (χ1) is 10.1. The molecule has 21 heavy (non-hydrogen) atoms. The fourth-order valence-corrected chi connectivity index (χ4v) is 3.27. The number of hydrogen-bond donors (Lipinski definition) is 1. The van der Waals surface area contributed by atoms with Crippen LogP contribution in [-0.4, -0.2) is 58.0 Å². The zero-order chi connectivity index (χ0) is 15.0. The molecule has 1 N–H and O–H groups in total. The first-order valence-electron chi connectivity index (χ1n) is 6.54. The number of amides is 1. The lowest BCUT2D eigenvalue weighted by Crippen LogP contribution is -2.48. The Morgan fingerprint density at radius 3 is 2.57 bits per heavy atom. The third-order valence-electron chi connectivity index (χ3n) is 3.51. The van der Waals surface area contributed by atoms with E-state index in [0.29, 0.717) is 31.1 Å². The van der Waals surface area contributed by atoms with Gasteiger partial charge in [0, 0.05) is 26.2 Å². The van der Waals surface area contributed by atoms with Crippen LogP contribution in [0.2, 0.25) is 0 Å². The molecule has 3 rings (SSSR count). The summed E-state index contributed by atoms with van der Waals surface area (Å²) in [4.78, 5) is 35.8.